The van der Waals surface area contributed by atoms with Crippen molar-refractivity contribution in [3.05, 3.63) is 48.0 Å². The number of nitrogens with one attached hydrogen (secondary N) is 2. The zero-order chi connectivity index (χ0) is 15.5. The summed E-state index contributed by atoms with van der Waals surface area (Å²) in [4.78, 5) is 12.4. The fourth-order valence-corrected chi connectivity index (χ4v) is 2.24. The van der Waals surface area contributed by atoms with Gasteiger partial charge < -0.3 is 21.1 Å². The summed E-state index contributed by atoms with van der Waals surface area (Å²) in [6.45, 7) is 0. The topological polar surface area (TPSA) is 76.4 Å². The van der Waals surface area contributed by atoms with Gasteiger partial charge in [0.15, 0.2) is 0 Å². The lowest BCUT2D eigenvalue weighted by Crippen LogP contribution is -2.26. The number of carbonyl (C=O) groups excluding carboxylic acids is 1. The van der Waals surface area contributed by atoms with Crippen LogP contribution in [0.1, 0.15) is 23.2 Å². The van der Waals surface area contributed by atoms with Gasteiger partial charge in [0, 0.05) is 11.7 Å². The molecule has 5 heteroatoms. The fourth-order valence-electron chi connectivity index (χ4n) is 2.24. The van der Waals surface area contributed by atoms with Gasteiger partial charge in [-0.3, -0.25) is 4.79 Å². The minimum atomic E-state index is -0.104. The minimum Gasteiger partial charge on any atom is -0.495 e. The summed E-state index contributed by atoms with van der Waals surface area (Å²) in [7, 11) is 1.62. The lowest BCUT2D eigenvalue weighted by Gasteiger charge is -2.15. The number of anilines is 3. The summed E-state index contributed by atoms with van der Waals surface area (Å²) < 4.78 is 5.33. The maximum atomic E-state index is 12.4. The molecule has 3 rings (SSSR count). The fraction of sp³-hybridized carbons (Fsp3) is 0.235. The van der Waals surface area contributed by atoms with Crippen LogP contribution in [-0.2, 0) is 0 Å². The number of ether oxygens (including phenoxy) is 1. The SMILES string of the molecule is COc1ccccc1Nc1ccc(N)cc1C(=O)NC1CC1. The molecule has 0 aliphatic heterocycles. The highest BCUT2D eigenvalue weighted by Gasteiger charge is 2.25. The van der Waals surface area contributed by atoms with E-state index in [0.29, 0.717) is 28.7 Å². The van der Waals surface area contributed by atoms with Gasteiger partial charge in [-0.1, -0.05) is 12.1 Å². The zero-order valence-electron chi connectivity index (χ0n) is 12.4. The number of carbonyl (C=O) groups is 1. The molecule has 1 amide bonds. The summed E-state index contributed by atoms with van der Waals surface area (Å²) in [5.41, 5.74) is 8.44. The van der Waals surface area contributed by atoms with Crippen LogP contribution < -0.4 is 21.1 Å². The molecule has 0 aromatic heterocycles. The summed E-state index contributed by atoms with van der Waals surface area (Å²) in [5, 5.41) is 6.24. The summed E-state index contributed by atoms with van der Waals surface area (Å²) in [5.74, 6) is 0.611. The Morgan fingerprint density at radius 2 is 1.95 bits per heavy atom. The largest absolute Gasteiger partial charge is 0.495 e. The van der Waals surface area contributed by atoms with Gasteiger partial charge in [0.05, 0.1) is 24.0 Å². The smallest absolute Gasteiger partial charge is 0.253 e. The molecule has 0 unspecified atom stereocenters. The zero-order valence-corrected chi connectivity index (χ0v) is 12.4. The third-order valence-electron chi connectivity index (χ3n) is 3.58. The Morgan fingerprint density at radius 1 is 1.18 bits per heavy atom. The highest BCUT2D eigenvalue weighted by molar-refractivity contribution is 6.01. The second-order valence-corrected chi connectivity index (χ2v) is 5.38. The molecule has 1 saturated carbocycles. The molecule has 1 aliphatic rings. The van der Waals surface area contributed by atoms with Gasteiger partial charge in [0.2, 0.25) is 0 Å². The number of nitrogen functional groups attached to an aromatic ring is 1. The lowest BCUT2D eigenvalue weighted by molar-refractivity contribution is 0.0952. The molecule has 0 radical (unpaired) electrons. The van der Waals surface area contributed by atoms with Gasteiger partial charge in [0.25, 0.3) is 5.91 Å². The highest BCUT2D eigenvalue weighted by Crippen LogP contribution is 2.30. The first-order valence-corrected chi connectivity index (χ1v) is 7.28. The van der Waals surface area contributed by atoms with E-state index >= 15 is 0 Å². The Hall–Kier alpha value is -2.69. The highest BCUT2D eigenvalue weighted by atomic mass is 16.5. The summed E-state index contributed by atoms with van der Waals surface area (Å²) in [6.07, 6.45) is 2.09. The number of nitrogens with two attached hydrogens (primary N) is 1. The standard InChI is InChI=1S/C17H19N3O2/c1-22-16-5-3-2-4-15(16)20-14-9-6-11(18)10-13(14)17(21)19-12-7-8-12/h2-6,9-10,12,20H,7-8,18H2,1H3,(H,19,21). The number of amides is 1. The quantitative estimate of drug-likeness (QED) is 0.742. The van der Waals surface area contributed by atoms with Crippen molar-refractivity contribution in [3.63, 3.8) is 0 Å². The molecule has 1 fully saturated rings. The van der Waals surface area contributed by atoms with E-state index in [4.69, 9.17) is 10.5 Å². The van der Waals surface area contributed by atoms with Crippen LogP contribution in [0.25, 0.3) is 0 Å². The van der Waals surface area contributed by atoms with Gasteiger partial charge >= 0.3 is 0 Å². The van der Waals surface area contributed by atoms with Crippen LogP contribution in [0.3, 0.4) is 0 Å². The van der Waals surface area contributed by atoms with Crippen LogP contribution in [0.15, 0.2) is 42.5 Å². The molecule has 0 spiro atoms. The third kappa shape index (κ3) is 3.14. The first-order valence-electron chi connectivity index (χ1n) is 7.28. The number of benzene rings is 2. The monoisotopic (exact) mass is 297 g/mol. The molecule has 0 atom stereocenters. The van der Waals surface area contributed by atoms with Crippen molar-refractivity contribution >= 4 is 23.0 Å². The molecular weight excluding hydrogens is 278 g/mol. The predicted octanol–water partition coefficient (Wildman–Crippen LogP) is 2.91. The van der Waals surface area contributed by atoms with E-state index in [1.54, 1.807) is 19.2 Å². The van der Waals surface area contributed by atoms with Crippen LogP contribution in [-0.4, -0.2) is 19.1 Å². The molecule has 4 N–H and O–H groups in total. The molecule has 0 heterocycles. The van der Waals surface area contributed by atoms with Gasteiger partial charge in [-0.05, 0) is 43.2 Å². The maximum Gasteiger partial charge on any atom is 0.253 e. The average molecular weight is 297 g/mol. The van der Waals surface area contributed by atoms with Crippen LogP contribution in [0.2, 0.25) is 0 Å². The molecule has 0 saturated heterocycles. The molecule has 5 nitrogen and oxygen atoms in total. The van der Waals surface area contributed by atoms with Crippen molar-refractivity contribution in [2.75, 3.05) is 18.2 Å². The number of methoxy groups -OCH3 is 1. The predicted molar refractivity (Wildman–Crippen MR) is 87.6 cm³/mol. The third-order valence-corrected chi connectivity index (χ3v) is 3.58. The number of rotatable bonds is 5. The van der Waals surface area contributed by atoms with Crippen molar-refractivity contribution in [1.82, 2.24) is 5.32 Å². The summed E-state index contributed by atoms with van der Waals surface area (Å²) >= 11 is 0. The average Bonchev–Trinajstić information content (AvgIpc) is 3.33. The van der Waals surface area contributed by atoms with Gasteiger partial charge in [0.1, 0.15) is 5.75 Å². The van der Waals surface area contributed by atoms with Gasteiger partial charge in [-0.2, -0.15) is 0 Å². The maximum absolute atomic E-state index is 12.4. The molecule has 1 aliphatic carbocycles. The van der Waals surface area contributed by atoms with Crippen LogP contribution in [0.5, 0.6) is 5.75 Å². The normalized spacial score (nSPS) is 13.5. The molecule has 114 valence electrons. The van der Waals surface area contributed by atoms with E-state index in [2.05, 4.69) is 10.6 Å². The molecule has 2 aromatic carbocycles. The second-order valence-electron chi connectivity index (χ2n) is 5.38. The second kappa shape index (κ2) is 5.97. The Labute approximate surface area is 129 Å². The van der Waals surface area contributed by atoms with Gasteiger partial charge in [-0.25, -0.2) is 0 Å². The van der Waals surface area contributed by atoms with Gasteiger partial charge in [-0.15, -0.1) is 0 Å². The summed E-state index contributed by atoms with van der Waals surface area (Å²) in [6, 6.07) is 13.1. The number of para-hydroxylation sites is 2. The van der Waals surface area contributed by atoms with E-state index < -0.39 is 0 Å². The van der Waals surface area contributed by atoms with E-state index in [9.17, 15) is 4.79 Å². The van der Waals surface area contributed by atoms with E-state index in [0.717, 1.165) is 18.5 Å². The molecular formula is C17H19N3O2. The Morgan fingerprint density at radius 3 is 2.68 bits per heavy atom. The molecule has 2 aromatic rings. The van der Waals surface area contributed by atoms with Crippen molar-refractivity contribution in [1.29, 1.82) is 0 Å². The van der Waals surface area contributed by atoms with E-state index in [-0.39, 0.29) is 5.91 Å². The van der Waals surface area contributed by atoms with Crippen molar-refractivity contribution in [2.45, 2.75) is 18.9 Å². The Kier molecular flexibility index (Phi) is 3.87. The van der Waals surface area contributed by atoms with E-state index in [1.165, 1.54) is 0 Å². The van der Waals surface area contributed by atoms with Crippen molar-refractivity contribution < 1.29 is 9.53 Å². The lowest BCUT2D eigenvalue weighted by atomic mass is 10.1. The number of hydrogen-bond acceptors (Lipinski definition) is 4. The van der Waals surface area contributed by atoms with E-state index in [1.807, 2.05) is 30.3 Å². The van der Waals surface area contributed by atoms with Crippen LogP contribution >= 0.6 is 0 Å². The van der Waals surface area contributed by atoms with Crippen molar-refractivity contribution in [3.8, 4) is 5.75 Å². The first-order chi connectivity index (χ1) is 10.7. The first kappa shape index (κ1) is 14.3. The Bertz CT molecular complexity index is 696. The Balaban J connectivity index is 1.90. The number of hydrogen-bond donors (Lipinski definition) is 3. The van der Waals surface area contributed by atoms with Crippen LogP contribution in [0, 0.1) is 0 Å². The van der Waals surface area contributed by atoms with Crippen LogP contribution in [0.4, 0.5) is 17.1 Å². The molecule has 0 bridgehead atoms. The minimum absolute atomic E-state index is 0.104. The molecule has 22 heavy (non-hydrogen) atoms. The van der Waals surface area contributed by atoms with Crippen molar-refractivity contribution in [2.24, 2.45) is 0 Å².